The molecular weight excluding hydrogens is 692 g/mol. The number of halogens is 1. The van der Waals surface area contributed by atoms with Gasteiger partial charge in [-0.1, -0.05) is 179 Å². The molecule has 0 aromatic heterocycles. The Kier molecular flexibility index (Phi) is 20.0. The minimum absolute atomic E-state index is 0.00602. The molecule has 0 saturated carbocycles. The van der Waals surface area contributed by atoms with Gasteiger partial charge in [-0.15, -0.1) is 10.2 Å². The molecule has 2 aliphatic rings. The Balaban J connectivity index is 0.00000147. The SMILES string of the molecule is CCCCCCCCCCCCN1/C(=C\C=C\C2=[N+](CCCCCCCCCCCC)c3ccccc3C2(C)C)C(C)(C)c2ccccc21.[O-][Cl+3]([O-])([O-])[O-]. The molecule has 0 N–H and O–H groups in total. The van der Waals surface area contributed by atoms with Gasteiger partial charge in [-0.25, -0.2) is 18.6 Å². The van der Waals surface area contributed by atoms with E-state index in [1.807, 2.05) is 0 Å². The lowest BCUT2D eigenvalue weighted by molar-refractivity contribution is -2.00. The molecular formula is C47H73ClN2O4. The molecule has 2 heterocycles. The van der Waals surface area contributed by atoms with Gasteiger partial charge in [0.2, 0.25) is 5.69 Å². The summed E-state index contributed by atoms with van der Waals surface area (Å²) in [6.45, 7) is 16.5. The molecule has 0 atom stereocenters. The lowest BCUT2D eigenvalue weighted by Gasteiger charge is -2.27. The fraction of sp³-hybridized carbons (Fsp3) is 0.638. The predicted molar refractivity (Wildman–Crippen MR) is 217 cm³/mol. The molecule has 0 aliphatic carbocycles. The highest BCUT2D eigenvalue weighted by atomic mass is 35.7. The lowest BCUT2D eigenvalue weighted by atomic mass is 9.81. The second-order valence-corrected chi connectivity index (χ2v) is 17.4. The van der Waals surface area contributed by atoms with Crippen molar-refractivity contribution >= 4 is 17.1 Å². The molecule has 0 fully saturated rings. The van der Waals surface area contributed by atoms with E-state index in [2.05, 4.69) is 118 Å². The van der Waals surface area contributed by atoms with Crippen LogP contribution in [-0.4, -0.2) is 23.4 Å². The summed E-state index contributed by atoms with van der Waals surface area (Å²) in [5.74, 6) is 0. The third kappa shape index (κ3) is 14.5. The second kappa shape index (κ2) is 23.6. The normalized spacial score (nSPS) is 16.6. The average molecular weight is 766 g/mol. The standard InChI is InChI=1S/C47H73N2.ClHO4/c1-7-9-11-13-15-17-19-21-23-29-38-48-42-34-27-25-32-40(42)46(3,4)44(48)36-31-37-45-47(5,6)41-33-26-28-35-43(41)49(45)39-30-24-22-20-18-16-14-12-10-8-2;2-1(3,4)5/h25-28,31-37H,7-24,29-30,38-39H2,1-6H3;(H,2,3,4,5)/q+1;/p-1. The number of nitrogens with zero attached hydrogens (tertiary/aromatic N) is 2. The molecule has 2 aromatic carbocycles. The predicted octanol–water partition coefficient (Wildman–Crippen LogP) is 9.39. The van der Waals surface area contributed by atoms with E-state index in [0.29, 0.717) is 0 Å². The van der Waals surface area contributed by atoms with Gasteiger partial charge in [0.25, 0.3) is 0 Å². The van der Waals surface area contributed by atoms with Crippen LogP contribution in [-0.2, 0) is 10.8 Å². The van der Waals surface area contributed by atoms with Crippen molar-refractivity contribution in [1.29, 1.82) is 0 Å². The van der Waals surface area contributed by atoms with E-state index in [-0.39, 0.29) is 10.8 Å². The highest BCUT2D eigenvalue weighted by Crippen LogP contribution is 2.48. The fourth-order valence-electron chi connectivity index (χ4n) is 8.51. The van der Waals surface area contributed by atoms with Gasteiger partial charge in [0.1, 0.15) is 6.54 Å². The van der Waals surface area contributed by atoms with E-state index in [1.54, 1.807) is 0 Å². The number of hydrogen-bond acceptors (Lipinski definition) is 5. The van der Waals surface area contributed by atoms with Gasteiger partial charge in [-0.05, 0) is 44.4 Å². The molecule has 302 valence electrons. The summed E-state index contributed by atoms with van der Waals surface area (Å²) >= 11 is 0. The number of unbranched alkanes of at least 4 members (excludes halogenated alkanes) is 18. The zero-order chi connectivity index (χ0) is 39.5. The first-order valence-electron chi connectivity index (χ1n) is 21.5. The van der Waals surface area contributed by atoms with Crippen LogP contribution in [0.4, 0.5) is 11.4 Å². The van der Waals surface area contributed by atoms with E-state index >= 15 is 0 Å². The van der Waals surface area contributed by atoms with E-state index in [1.165, 1.54) is 162 Å². The van der Waals surface area contributed by atoms with E-state index in [9.17, 15) is 0 Å². The van der Waals surface area contributed by atoms with E-state index in [4.69, 9.17) is 18.6 Å². The minimum atomic E-state index is -4.94. The van der Waals surface area contributed by atoms with Crippen LogP contribution in [0.5, 0.6) is 0 Å². The minimum Gasteiger partial charge on any atom is -0.344 e. The molecule has 0 saturated heterocycles. The zero-order valence-electron chi connectivity index (χ0n) is 34.8. The second-order valence-electron chi connectivity index (χ2n) is 16.6. The topological polar surface area (TPSA) is 98.5 Å². The Bertz CT molecular complexity index is 1470. The molecule has 0 radical (unpaired) electrons. The summed E-state index contributed by atoms with van der Waals surface area (Å²) < 4.78 is 36.6. The fourth-order valence-corrected chi connectivity index (χ4v) is 8.51. The third-order valence-electron chi connectivity index (χ3n) is 11.6. The third-order valence-corrected chi connectivity index (χ3v) is 11.6. The van der Waals surface area contributed by atoms with Crippen molar-refractivity contribution < 1.29 is 33.5 Å². The van der Waals surface area contributed by atoms with Crippen LogP contribution < -0.4 is 23.5 Å². The van der Waals surface area contributed by atoms with Gasteiger partial charge in [-0.2, -0.15) is 4.58 Å². The molecule has 6 nitrogen and oxygen atoms in total. The van der Waals surface area contributed by atoms with Crippen LogP contribution in [0.2, 0.25) is 0 Å². The summed E-state index contributed by atoms with van der Waals surface area (Å²) in [5.41, 5.74) is 8.61. The number of hydrogen-bond donors (Lipinski definition) is 0. The Labute approximate surface area is 331 Å². The Morgan fingerprint density at radius 3 is 1.56 bits per heavy atom. The molecule has 0 unspecified atom stereocenters. The molecule has 0 spiro atoms. The van der Waals surface area contributed by atoms with Gasteiger partial charge in [0, 0.05) is 47.5 Å². The van der Waals surface area contributed by atoms with Crippen LogP contribution in [0.3, 0.4) is 0 Å². The monoisotopic (exact) mass is 765 g/mol. The van der Waals surface area contributed by atoms with E-state index < -0.39 is 10.2 Å². The quantitative estimate of drug-likeness (QED) is 0.0784. The van der Waals surface area contributed by atoms with Crippen LogP contribution in [0, 0.1) is 10.2 Å². The van der Waals surface area contributed by atoms with Gasteiger partial charge in [-0.3, -0.25) is 0 Å². The highest BCUT2D eigenvalue weighted by molar-refractivity contribution is 6.03. The first kappa shape index (κ1) is 45.9. The van der Waals surface area contributed by atoms with Crippen molar-refractivity contribution in [3.63, 3.8) is 0 Å². The van der Waals surface area contributed by atoms with Crippen molar-refractivity contribution in [3.05, 3.63) is 83.6 Å². The maximum atomic E-state index is 8.49. The number of benzene rings is 2. The molecule has 2 aromatic rings. The summed E-state index contributed by atoms with van der Waals surface area (Å²) in [6.07, 6.45) is 34.8. The largest absolute Gasteiger partial charge is 0.344 e. The molecule has 2 aliphatic heterocycles. The Hall–Kier alpha value is -2.48. The number of para-hydroxylation sites is 2. The number of anilines is 1. The van der Waals surface area contributed by atoms with Gasteiger partial charge < -0.3 is 4.90 Å². The van der Waals surface area contributed by atoms with Crippen molar-refractivity contribution in [2.75, 3.05) is 18.0 Å². The van der Waals surface area contributed by atoms with Crippen LogP contribution in [0.15, 0.2) is 72.5 Å². The molecule has 7 heteroatoms. The highest BCUT2D eigenvalue weighted by Gasteiger charge is 2.44. The number of fused-ring (bicyclic) bond motifs is 2. The van der Waals surface area contributed by atoms with Crippen LogP contribution in [0.1, 0.15) is 181 Å². The first-order chi connectivity index (χ1) is 25.8. The van der Waals surface area contributed by atoms with Gasteiger partial charge in [0.05, 0.1) is 5.41 Å². The molecule has 54 heavy (non-hydrogen) atoms. The Morgan fingerprint density at radius 1 is 0.574 bits per heavy atom. The lowest BCUT2D eigenvalue weighted by Crippen LogP contribution is -2.68. The smallest absolute Gasteiger partial charge is 0.209 e. The average Bonchev–Trinajstić information content (AvgIpc) is 3.47. The van der Waals surface area contributed by atoms with E-state index in [0.717, 1.165) is 13.1 Å². The molecule has 4 rings (SSSR count). The van der Waals surface area contributed by atoms with Gasteiger partial charge >= 0.3 is 0 Å². The van der Waals surface area contributed by atoms with Crippen molar-refractivity contribution in [1.82, 2.24) is 0 Å². The maximum Gasteiger partial charge on any atom is 0.209 e. The number of allylic oxidation sites excluding steroid dienone is 4. The summed E-state index contributed by atoms with van der Waals surface area (Å²) in [7, 11) is -4.94. The summed E-state index contributed by atoms with van der Waals surface area (Å²) in [5, 5.41) is 0. The van der Waals surface area contributed by atoms with Crippen molar-refractivity contribution in [3.8, 4) is 0 Å². The van der Waals surface area contributed by atoms with Gasteiger partial charge in [0.15, 0.2) is 5.71 Å². The first-order valence-corrected chi connectivity index (χ1v) is 22.7. The Morgan fingerprint density at radius 2 is 1.02 bits per heavy atom. The number of rotatable bonds is 24. The maximum absolute atomic E-state index is 8.49. The van der Waals surface area contributed by atoms with Crippen LogP contribution in [0.25, 0.3) is 0 Å². The van der Waals surface area contributed by atoms with Crippen molar-refractivity contribution in [2.45, 2.75) is 181 Å². The zero-order valence-corrected chi connectivity index (χ0v) is 35.6. The summed E-state index contributed by atoms with van der Waals surface area (Å²) in [6, 6.07) is 18.3. The summed E-state index contributed by atoms with van der Waals surface area (Å²) in [4.78, 5) is 2.64. The van der Waals surface area contributed by atoms with Crippen LogP contribution >= 0.6 is 0 Å². The van der Waals surface area contributed by atoms with Crippen molar-refractivity contribution in [2.24, 2.45) is 0 Å². The molecule has 0 bridgehead atoms. The molecule has 0 amide bonds.